The third-order valence-electron chi connectivity index (χ3n) is 3.54. The van der Waals surface area contributed by atoms with Crippen LogP contribution in [-0.2, 0) is 11.3 Å². The van der Waals surface area contributed by atoms with Crippen LogP contribution in [0.4, 0.5) is 4.39 Å². The van der Waals surface area contributed by atoms with Crippen LogP contribution in [0.1, 0.15) is 16.7 Å². The first kappa shape index (κ1) is 16.8. The Labute approximate surface area is 135 Å². The van der Waals surface area contributed by atoms with Crippen LogP contribution in [0.15, 0.2) is 36.4 Å². The van der Waals surface area contributed by atoms with E-state index in [-0.39, 0.29) is 12.5 Å². The summed E-state index contributed by atoms with van der Waals surface area (Å²) in [7, 11) is 1.60. The lowest BCUT2D eigenvalue weighted by Crippen LogP contribution is -2.28. The smallest absolute Gasteiger partial charge is 0.258 e. The Bertz CT molecular complexity index is 701. The molecular weight excluding hydrogens is 297 g/mol. The quantitative estimate of drug-likeness (QED) is 0.890. The fourth-order valence-electron chi connectivity index (χ4n) is 2.13. The molecule has 1 N–H and O–H groups in total. The zero-order valence-corrected chi connectivity index (χ0v) is 13.5. The van der Waals surface area contributed by atoms with Crippen molar-refractivity contribution in [3.8, 4) is 11.5 Å². The van der Waals surface area contributed by atoms with Gasteiger partial charge in [-0.3, -0.25) is 4.79 Å². The lowest BCUT2D eigenvalue weighted by molar-refractivity contribution is -0.123. The second-order valence-electron chi connectivity index (χ2n) is 5.27. The van der Waals surface area contributed by atoms with Crippen molar-refractivity contribution < 1.29 is 18.7 Å². The summed E-state index contributed by atoms with van der Waals surface area (Å²) in [6, 6.07) is 9.62. The number of benzene rings is 2. The minimum Gasteiger partial charge on any atom is -0.496 e. The van der Waals surface area contributed by atoms with Gasteiger partial charge in [0, 0.05) is 18.2 Å². The second kappa shape index (κ2) is 7.63. The molecule has 0 radical (unpaired) electrons. The van der Waals surface area contributed by atoms with E-state index < -0.39 is 5.82 Å². The molecule has 0 aliphatic rings. The minimum absolute atomic E-state index is 0.170. The van der Waals surface area contributed by atoms with Gasteiger partial charge < -0.3 is 14.8 Å². The molecule has 2 rings (SSSR count). The number of halogens is 1. The maximum atomic E-state index is 13.0. The Hall–Kier alpha value is -2.56. The Morgan fingerprint density at radius 1 is 1.17 bits per heavy atom. The summed E-state index contributed by atoms with van der Waals surface area (Å²) in [5, 5.41) is 2.77. The number of hydrogen-bond donors (Lipinski definition) is 1. The van der Waals surface area contributed by atoms with E-state index in [1.807, 2.05) is 26.0 Å². The average molecular weight is 317 g/mol. The van der Waals surface area contributed by atoms with Crippen molar-refractivity contribution in [1.82, 2.24) is 5.32 Å². The number of nitrogens with one attached hydrogen (secondary N) is 1. The Balaban J connectivity index is 1.90. The van der Waals surface area contributed by atoms with Gasteiger partial charge in [-0.15, -0.1) is 0 Å². The van der Waals surface area contributed by atoms with Crippen LogP contribution in [0, 0.1) is 19.7 Å². The van der Waals surface area contributed by atoms with Crippen LogP contribution in [0.3, 0.4) is 0 Å². The van der Waals surface area contributed by atoms with E-state index in [0.717, 1.165) is 22.4 Å². The Morgan fingerprint density at radius 2 is 1.91 bits per heavy atom. The van der Waals surface area contributed by atoms with Crippen molar-refractivity contribution in [3.63, 3.8) is 0 Å². The summed E-state index contributed by atoms with van der Waals surface area (Å²) in [6.07, 6.45) is 0. The molecule has 0 bridgehead atoms. The lowest BCUT2D eigenvalue weighted by atomic mass is 10.0. The second-order valence-corrected chi connectivity index (χ2v) is 5.27. The zero-order valence-electron chi connectivity index (χ0n) is 13.5. The van der Waals surface area contributed by atoms with Gasteiger partial charge in [0.05, 0.1) is 7.11 Å². The molecular formula is C18H20FNO3. The summed E-state index contributed by atoms with van der Waals surface area (Å²) < 4.78 is 23.6. The molecule has 0 heterocycles. The highest BCUT2D eigenvalue weighted by atomic mass is 19.1. The number of ether oxygens (including phenoxy) is 2. The van der Waals surface area contributed by atoms with Crippen LogP contribution in [0.2, 0.25) is 0 Å². The number of aryl methyl sites for hydroxylation is 2. The van der Waals surface area contributed by atoms with Crippen LogP contribution in [0.25, 0.3) is 0 Å². The number of carbonyl (C=O) groups is 1. The highest BCUT2D eigenvalue weighted by Gasteiger charge is 2.08. The molecule has 2 aromatic carbocycles. The lowest BCUT2D eigenvalue weighted by Gasteiger charge is -2.13. The SMILES string of the molecule is COc1cc(C)c(C)cc1CNC(=O)COc1cccc(F)c1. The monoisotopic (exact) mass is 317 g/mol. The van der Waals surface area contributed by atoms with Crippen molar-refractivity contribution in [2.45, 2.75) is 20.4 Å². The van der Waals surface area contributed by atoms with E-state index in [1.54, 1.807) is 13.2 Å². The Morgan fingerprint density at radius 3 is 2.61 bits per heavy atom. The fourth-order valence-corrected chi connectivity index (χ4v) is 2.13. The van der Waals surface area contributed by atoms with E-state index >= 15 is 0 Å². The summed E-state index contributed by atoms with van der Waals surface area (Å²) in [6.45, 7) is 4.19. The Kier molecular flexibility index (Phi) is 5.57. The molecule has 0 saturated carbocycles. The molecule has 0 fully saturated rings. The van der Waals surface area contributed by atoms with Gasteiger partial charge in [-0.2, -0.15) is 0 Å². The topological polar surface area (TPSA) is 47.6 Å². The summed E-state index contributed by atoms with van der Waals surface area (Å²) in [4.78, 5) is 11.9. The number of hydrogen-bond acceptors (Lipinski definition) is 3. The largest absolute Gasteiger partial charge is 0.496 e. The van der Waals surface area contributed by atoms with Gasteiger partial charge in [0.25, 0.3) is 5.91 Å². The van der Waals surface area contributed by atoms with E-state index in [1.165, 1.54) is 18.2 Å². The minimum atomic E-state index is -0.400. The fraction of sp³-hybridized carbons (Fsp3) is 0.278. The number of rotatable bonds is 6. The van der Waals surface area contributed by atoms with Gasteiger partial charge in [-0.25, -0.2) is 4.39 Å². The molecule has 0 saturated heterocycles. The third-order valence-corrected chi connectivity index (χ3v) is 3.54. The number of carbonyl (C=O) groups excluding carboxylic acids is 1. The molecule has 2 aromatic rings. The van der Waals surface area contributed by atoms with Gasteiger partial charge >= 0.3 is 0 Å². The molecule has 0 atom stereocenters. The van der Waals surface area contributed by atoms with Gasteiger partial charge in [0.1, 0.15) is 17.3 Å². The molecule has 122 valence electrons. The highest BCUT2D eigenvalue weighted by molar-refractivity contribution is 5.77. The molecule has 0 spiro atoms. The van der Waals surface area contributed by atoms with E-state index in [0.29, 0.717) is 12.3 Å². The summed E-state index contributed by atoms with van der Waals surface area (Å²) >= 11 is 0. The third kappa shape index (κ3) is 4.71. The first-order valence-corrected chi connectivity index (χ1v) is 7.29. The van der Waals surface area contributed by atoms with E-state index in [2.05, 4.69) is 5.32 Å². The molecule has 23 heavy (non-hydrogen) atoms. The highest BCUT2D eigenvalue weighted by Crippen LogP contribution is 2.22. The summed E-state index contributed by atoms with van der Waals surface area (Å²) in [5.41, 5.74) is 3.16. The van der Waals surface area contributed by atoms with Crippen molar-refractivity contribution in [2.75, 3.05) is 13.7 Å². The van der Waals surface area contributed by atoms with Gasteiger partial charge in [0.15, 0.2) is 6.61 Å². The normalized spacial score (nSPS) is 10.3. The molecule has 0 aliphatic carbocycles. The first-order valence-electron chi connectivity index (χ1n) is 7.29. The molecule has 0 unspecified atom stereocenters. The van der Waals surface area contributed by atoms with Crippen LogP contribution in [-0.4, -0.2) is 19.6 Å². The predicted octanol–water partition coefficient (Wildman–Crippen LogP) is 3.15. The predicted molar refractivity (Wildman–Crippen MR) is 86.2 cm³/mol. The average Bonchev–Trinajstić information content (AvgIpc) is 2.53. The standard InChI is InChI=1S/C18H20FNO3/c1-12-7-14(17(22-3)8-13(12)2)10-20-18(21)11-23-16-6-4-5-15(19)9-16/h4-9H,10-11H2,1-3H3,(H,20,21). The number of methoxy groups -OCH3 is 1. The first-order chi connectivity index (χ1) is 11.0. The number of amides is 1. The van der Waals surface area contributed by atoms with Crippen molar-refractivity contribution in [2.24, 2.45) is 0 Å². The molecule has 0 aromatic heterocycles. The van der Waals surface area contributed by atoms with Crippen LogP contribution < -0.4 is 14.8 Å². The van der Waals surface area contributed by atoms with Crippen molar-refractivity contribution in [3.05, 3.63) is 58.9 Å². The molecule has 0 aliphatic heterocycles. The maximum Gasteiger partial charge on any atom is 0.258 e. The van der Waals surface area contributed by atoms with Crippen molar-refractivity contribution >= 4 is 5.91 Å². The van der Waals surface area contributed by atoms with Crippen molar-refractivity contribution in [1.29, 1.82) is 0 Å². The van der Waals surface area contributed by atoms with E-state index in [9.17, 15) is 9.18 Å². The van der Waals surface area contributed by atoms with Crippen LogP contribution in [0.5, 0.6) is 11.5 Å². The van der Waals surface area contributed by atoms with Gasteiger partial charge in [0.2, 0.25) is 0 Å². The maximum absolute atomic E-state index is 13.0. The van der Waals surface area contributed by atoms with Gasteiger partial charge in [-0.1, -0.05) is 12.1 Å². The summed E-state index contributed by atoms with van der Waals surface area (Å²) in [5.74, 6) is 0.376. The van der Waals surface area contributed by atoms with E-state index in [4.69, 9.17) is 9.47 Å². The molecule has 5 heteroatoms. The molecule has 4 nitrogen and oxygen atoms in total. The molecule has 1 amide bonds. The van der Waals surface area contributed by atoms with Crippen LogP contribution >= 0.6 is 0 Å². The van der Waals surface area contributed by atoms with Gasteiger partial charge in [-0.05, 0) is 43.2 Å². The zero-order chi connectivity index (χ0) is 16.8.